The van der Waals surface area contributed by atoms with Gasteiger partial charge >= 0.3 is 0 Å². The number of ether oxygens (including phenoxy) is 1. The van der Waals surface area contributed by atoms with Gasteiger partial charge in [0.25, 0.3) is 0 Å². The van der Waals surface area contributed by atoms with Gasteiger partial charge < -0.3 is 15.0 Å². The number of likely N-dealkylation sites (N-methyl/N-ethyl adjacent to an activating group) is 1. The molecule has 1 saturated carbocycles. The molecule has 1 N–H and O–H groups in total. The van der Waals surface area contributed by atoms with Gasteiger partial charge in [-0.3, -0.25) is 0 Å². The molecular weight excluding hydrogens is 176 g/mol. The van der Waals surface area contributed by atoms with E-state index in [4.69, 9.17) is 4.74 Å². The Hall–Kier alpha value is -0.120. The highest BCUT2D eigenvalue weighted by molar-refractivity contribution is 4.77. The first-order valence-electron chi connectivity index (χ1n) is 5.88. The molecule has 82 valence electrons. The SMILES string of the molecule is CN1CCOC(CNC2CCCC2)C1. The lowest BCUT2D eigenvalue weighted by Crippen LogP contribution is -2.46. The topological polar surface area (TPSA) is 24.5 Å². The Morgan fingerprint density at radius 1 is 1.36 bits per heavy atom. The van der Waals surface area contributed by atoms with Crippen LogP contribution in [0.15, 0.2) is 0 Å². The summed E-state index contributed by atoms with van der Waals surface area (Å²) in [7, 11) is 2.17. The quantitative estimate of drug-likeness (QED) is 0.727. The number of morpholine rings is 1. The Labute approximate surface area is 86.8 Å². The maximum absolute atomic E-state index is 5.70. The molecule has 3 nitrogen and oxygen atoms in total. The second-order valence-electron chi connectivity index (χ2n) is 4.64. The molecule has 0 aromatic rings. The average Bonchev–Trinajstić information content (AvgIpc) is 2.67. The number of nitrogens with zero attached hydrogens (tertiary/aromatic N) is 1. The summed E-state index contributed by atoms with van der Waals surface area (Å²) in [6, 6.07) is 0.769. The highest BCUT2D eigenvalue weighted by atomic mass is 16.5. The van der Waals surface area contributed by atoms with E-state index < -0.39 is 0 Å². The van der Waals surface area contributed by atoms with Gasteiger partial charge in [0.1, 0.15) is 0 Å². The fourth-order valence-corrected chi connectivity index (χ4v) is 2.42. The van der Waals surface area contributed by atoms with Crippen molar-refractivity contribution in [3.63, 3.8) is 0 Å². The minimum Gasteiger partial charge on any atom is -0.374 e. The molecule has 3 heteroatoms. The standard InChI is InChI=1S/C11H22N2O/c1-13-6-7-14-11(9-13)8-12-10-4-2-3-5-10/h10-12H,2-9H2,1H3. The Morgan fingerprint density at radius 3 is 2.86 bits per heavy atom. The van der Waals surface area contributed by atoms with Crippen molar-refractivity contribution >= 4 is 0 Å². The highest BCUT2D eigenvalue weighted by Crippen LogP contribution is 2.17. The number of hydrogen-bond donors (Lipinski definition) is 1. The molecule has 2 aliphatic rings. The van der Waals surface area contributed by atoms with E-state index in [1.807, 2.05) is 0 Å². The number of nitrogens with one attached hydrogen (secondary N) is 1. The molecule has 0 spiro atoms. The van der Waals surface area contributed by atoms with Crippen LogP contribution in [-0.2, 0) is 4.74 Å². The second kappa shape index (κ2) is 5.10. The van der Waals surface area contributed by atoms with Gasteiger partial charge in [0.2, 0.25) is 0 Å². The van der Waals surface area contributed by atoms with Crippen molar-refractivity contribution in [3.8, 4) is 0 Å². The predicted molar refractivity (Wildman–Crippen MR) is 57.5 cm³/mol. The summed E-state index contributed by atoms with van der Waals surface area (Å²) >= 11 is 0. The molecule has 0 radical (unpaired) electrons. The van der Waals surface area contributed by atoms with Crippen molar-refractivity contribution in [1.82, 2.24) is 10.2 Å². The largest absolute Gasteiger partial charge is 0.374 e. The van der Waals surface area contributed by atoms with Crippen molar-refractivity contribution in [1.29, 1.82) is 0 Å². The molecule has 1 unspecified atom stereocenters. The minimum atomic E-state index is 0.411. The maximum atomic E-state index is 5.70. The van der Waals surface area contributed by atoms with E-state index >= 15 is 0 Å². The van der Waals surface area contributed by atoms with E-state index in [2.05, 4.69) is 17.3 Å². The Bertz CT molecular complexity index is 169. The van der Waals surface area contributed by atoms with Gasteiger partial charge in [-0.2, -0.15) is 0 Å². The lowest BCUT2D eigenvalue weighted by atomic mass is 10.2. The molecular formula is C11H22N2O. The summed E-state index contributed by atoms with van der Waals surface area (Å²) < 4.78 is 5.70. The van der Waals surface area contributed by atoms with E-state index in [0.717, 1.165) is 32.3 Å². The van der Waals surface area contributed by atoms with Crippen molar-refractivity contribution in [2.45, 2.75) is 37.8 Å². The Kier molecular flexibility index (Phi) is 3.79. The normalized spacial score (nSPS) is 31.1. The molecule has 1 atom stereocenters. The zero-order valence-corrected chi connectivity index (χ0v) is 9.17. The van der Waals surface area contributed by atoms with Crippen molar-refractivity contribution < 1.29 is 4.74 Å². The maximum Gasteiger partial charge on any atom is 0.0826 e. The number of hydrogen-bond acceptors (Lipinski definition) is 3. The van der Waals surface area contributed by atoms with Gasteiger partial charge in [-0.1, -0.05) is 12.8 Å². The molecule has 0 amide bonds. The first-order valence-corrected chi connectivity index (χ1v) is 5.88. The lowest BCUT2D eigenvalue weighted by Gasteiger charge is -2.30. The van der Waals surface area contributed by atoms with Crippen molar-refractivity contribution in [2.24, 2.45) is 0 Å². The van der Waals surface area contributed by atoms with Crippen LogP contribution < -0.4 is 5.32 Å². The van der Waals surface area contributed by atoms with Crippen molar-refractivity contribution in [2.75, 3.05) is 33.3 Å². The summed E-state index contributed by atoms with van der Waals surface area (Å²) in [5, 5.41) is 3.62. The van der Waals surface area contributed by atoms with Crippen LogP contribution in [-0.4, -0.2) is 50.3 Å². The van der Waals surface area contributed by atoms with E-state index in [9.17, 15) is 0 Å². The van der Waals surface area contributed by atoms with Crippen LogP contribution in [0.4, 0.5) is 0 Å². The van der Waals surface area contributed by atoms with Gasteiger partial charge in [0.05, 0.1) is 12.7 Å². The monoisotopic (exact) mass is 198 g/mol. The fourth-order valence-electron chi connectivity index (χ4n) is 2.42. The average molecular weight is 198 g/mol. The molecule has 0 bridgehead atoms. The smallest absolute Gasteiger partial charge is 0.0826 e. The van der Waals surface area contributed by atoms with Crippen LogP contribution in [0.1, 0.15) is 25.7 Å². The zero-order chi connectivity index (χ0) is 9.80. The molecule has 0 aromatic carbocycles. The van der Waals surface area contributed by atoms with Gasteiger partial charge in [-0.05, 0) is 19.9 Å². The fraction of sp³-hybridized carbons (Fsp3) is 1.00. The van der Waals surface area contributed by atoms with Crippen LogP contribution in [0.2, 0.25) is 0 Å². The molecule has 1 heterocycles. The lowest BCUT2D eigenvalue weighted by molar-refractivity contribution is -0.0191. The summed E-state index contributed by atoms with van der Waals surface area (Å²) in [5.74, 6) is 0. The van der Waals surface area contributed by atoms with Crippen LogP contribution in [0.3, 0.4) is 0 Å². The molecule has 1 aliphatic carbocycles. The highest BCUT2D eigenvalue weighted by Gasteiger charge is 2.20. The third-order valence-electron chi connectivity index (χ3n) is 3.33. The van der Waals surface area contributed by atoms with E-state index in [-0.39, 0.29) is 0 Å². The summed E-state index contributed by atoms with van der Waals surface area (Å²) in [5.41, 5.74) is 0. The molecule has 1 saturated heterocycles. The minimum absolute atomic E-state index is 0.411. The van der Waals surface area contributed by atoms with E-state index in [0.29, 0.717) is 6.10 Å². The molecule has 2 rings (SSSR count). The Balaban J connectivity index is 1.64. The van der Waals surface area contributed by atoms with Crippen LogP contribution in [0, 0.1) is 0 Å². The summed E-state index contributed by atoms with van der Waals surface area (Å²) in [6.45, 7) is 4.10. The molecule has 0 aromatic heterocycles. The predicted octanol–water partition coefficient (Wildman–Crippen LogP) is 0.849. The van der Waals surface area contributed by atoms with Crippen molar-refractivity contribution in [3.05, 3.63) is 0 Å². The van der Waals surface area contributed by atoms with Gasteiger partial charge in [0.15, 0.2) is 0 Å². The molecule has 1 aliphatic heterocycles. The van der Waals surface area contributed by atoms with E-state index in [1.165, 1.54) is 25.7 Å². The zero-order valence-electron chi connectivity index (χ0n) is 9.17. The molecule has 2 fully saturated rings. The third kappa shape index (κ3) is 2.94. The van der Waals surface area contributed by atoms with Gasteiger partial charge in [-0.15, -0.1) is 0 Å². The van der Waals surface area contributed by atoms with Crippen LogP contribution in [0.5, 0.6) is 0 Å². The first kappa shape index (κ1) is 10.4. The summed E-state index contributed by atoms with van der Waals surface area (Å²) in [6.07, 6.45) is 5.95. The molecule has 14 heavy (non-hydrogen) atoms. The van der Waals surface area contributed by atoms with Gasteiger partial charge in [-0.25, -0.2) is 0 Å². The third-order valence-corrected chi connectivity index (χ3v) is 3.33. The van der Waals surface area contributed by atoms with Crippen LogP contribution >= 0.6 is 0 Å². The first-order chi connectivity index (χ1) is 6.84. The van der Waals surface area contributed by atoms with Crippen LogP contribution in [0.25, 0.3) is 0 Å². The number of rotatable bonds is 3. The van der Waals surface area contributed by atoms with Gasteiger partial charge in [0, 0.05) is 25.7 Å². The Morgan fingerprint density at radius 2 is 2.14 bits per heavy atom. The second-order valence-corrected chi connectivity index (χ2v) is 4.64. The summed E-state index contributed by atoms with van der Waals surface area (Å²) in [4.78, 5) is 2.35. The van der Waals surface area contributed by atoms with E-state index in [1.54, 1.807) is 0 Å².